The van der Waals surface area contributed by atoms with Gasteiger partial charge in [-0.25, -0.2) is 9.97 Å². The van der Waals surface area contributed by atoms with E-state index >= 15 is 0 Å². The summed E-state index contributed by atoms with van der Waals surface area (Å²) >= 11 is 0. The van der Waals surface area contributed by atoms with E-state index in [0.29, 0.717) is 0 Å². The van der Waals surface area contributed by atoms with Gasteiger partial charge in [-0.1, -0.05) is 12.1 Å². The molecule has 2 aliphatic heterocycles. The van der Waals surface area contributed by atoms with E-state index < -0.39 is 0 Å². The van der Waals surface area contributed by atoms with E-state index in [1.165, 1.54) is 57.4 Å². The molecule has 1 N–H and O–H groups in total. The summed E-state index contributed by atoms with van der Waals surface area (Å²) in [6.45, 7) is 5.76. The van der Waals surface area contributed by atoms with Gasteiger partial charge in [0.2, 0.25) is 0 Å². The fourth-order valence-electron chi connectivity index (χ4n) is 4.56. The van der Waals surface area contributed by atoms with Crippen molar-refractivity contribution in [3.8, 4) is 17.1 Å². The Kier molecular flexibility index (Phi) is 6.00. The van der Waals surface area contributed by atoms with Gasteiger partial charge in [-0.15, -0.1) is 0 Å². The molecule has 5 nitrogen and oxygen atoms in total. The quantitative estimate of drug-likeness (QED) is 0.879. The Morgan fingerprint density at radius 1 is 1.00 bits per heavy atom. The lowest BCUT2D eigenvalue weighted by molar-refractivity contribution is 0.126. The standard InChI is InChI=1S/C22H30N4O/c1-27-21-5-3-2-4-20(21)22-24-14-17(15-25-22)16-26-12-8-19(9-13-26)18-6-10-23-11-7-18/h2-5,14-15,18-19,23H,6-13,16H2,1H3. The summed E-state index contributed by atoms with van der Waals surface area (Å²) in [7, 11) is 1.68. The first-order chi connectivity index (χ1) is 13.3. The largest absolute Gasteiger partial charge is 0.496 e. The molecule has 3 heterocycles. The summed E-state index contributed by atoms with van der Waals surface area (Å²) < 4.78 is 5.42. The molecule has 0 unspecified atom stereocenters. The molecular formula is C22H30N4O. The molecular weight excluding hydrogens is 336 g/mol. The molecule has 0 bridgehead atoms. The average molecular weight is 367 g/mol. The van der Waals surface area contributed by atoms with Crippen LogP contribution in [0.4, 0.5) is 0 Å². The second kappa shape index (κ2) is 8.81. The van der Waals surface area contributed by atoms with Gasteiger partial charge in [-0.3, -0.25) is 4.90 Å². The molecule has 5 heteroatoms. The summed E-state index contributed by atoms with van der Waals surface area (Å²) in [5.74, 6) is 3.40. The number of ether oxygens (including phenoxy) is 1. The normalized spacial score (nSPS) is 19.9. The molecule has 1 aromatic carbocycles. The van der Waals surface area contributed by atoms with Crippen molar-refractivity contribution in [3.05, 3.63) is 42.2 Å². The van der Waals surface area contributed by atoms with Crippen LogP contribution in [0, 0.1) is 11.8 Å². The van der Waals surface area contributed by atoms with Crippen LogP contribution in [0.5, 0.6) is 5.75 Å². The molecule has 2 aromatic rings. The summed E-state index contributed by atoms with van der Waals surface area (Å²) in [6.07, 6.45) is 9.34. The number of para-hydroxylation sites is 1. The number of nitrogens with one attached hydrogen (secondary N) is 1. The molecule has 2 aliphatic rings. The molecule has 2 saturated heterocycles. The van der Waals surface area contributed by atoms with Crippen LogP contribution >= 0.6 is 0 Å². The maximum Gasteiger partial charge on any atom is 0.162 e. The molecule has 144 valence electrons. The predicted octanol–water partition coefficient (Wildman–Crippen LogP) is 3.36. The van der Waals surface area contributed by atoms with Gasteiger partial charge in [0, 0.05) is 24.5 Å². The van der Waals surface area contributed by atoms with Gasteiger partial charge < -0.3 is 10.1 Å². The molecule has 0 atom stereocenters. The number of nitrogens with zero attached hydrogens (tertiary/aromatic N) is 3. The van der Waals surface area contributed by atoms with Crippen LogP contribution in [0.25, 0.3) is 11.4 Å². The maximum atomic E-state index is 5.42. The third-order valence-electron chi connectivity index (χ3n) is 6.14. The molecule has 1 aromatic heterocycles. The Morgan fingerprint density at radius 3 is 2.37 bits per heavy atom. The number of methoxy groups -OCH3 is 1. The van der Waals surface area contributed by atoms with Crippen molar-refractivity contribution in [2.24, 2.45) is 11.8 Å². The second-order valence-corrected chi connectivity index (χ2v) is 7.82. The fraction of sp³-hybridized carbons (Fsp3) is 0.545. The monoisotopic (exact) mass is 366 g/mol. The van der Waals surface area contributed by atoms with E-state index in [1.807, 2.05) is 36.7 Å². The van der Waals surface area contributed by atoms with Gasteiger partial charge in [-0.2, -0.15) is 0 Å². The van der Waals surface area contributed by atoms with Crippen LogP contribution in [0.2, 0.25) is 0 Å². The molecule has 0 radical (unpaired) electrons. The van der Waals surface area contributed by atoms with Crippen molar-refractivity contribution in [2.45, 2.75) is 32.2 Å². The van der Waals surface area contributed by atoms with Crippen molar-refractivity contribution in [3.63, 3.8) is 0 Å². The number of rotatable bonds is 5. The smallest absolute Gasteiger partial charge is 0.162 e. The third-order valence-corrected chi connectivity index (χ3v) is 6.14. The minimum Gasteiger partial charge on any atom is -0.496 e. The van der Waals surface area contributed by atoms with Crippen LogP contribution in [-0.4, -0.2) is 48.2 Å². The first kappa shape index (κ1) is 18.4. The lowest BCUT2D eigenvalue weighted by Crippen LogP contribution is -2.39. The van der Waals surface area contributed by atoms with Crippen LogP contribution in [0.3, 0.4) is 0 Å². The highest BCUT2D eigenvalue weighted by Gasteiger charge is 2.27. The highest BCUT2D eigenvalue weighted by Crippen LogP contribution is 2.31. The van der Waals surface area contributed by atoms with Gasteiger partial charge in [0.25, 0.3) is 0 Å². The van der Waals surface area contributed by atoms with E-state index in [1.54, 1.807) is 7.11 Å². The zero-order chi connectivity index (χ0) is 18.5. The minimum atomic E-state index is 0.723. The van der Waals surface area contributed by atoms with Crippen molar-refractivity contribution in [1.29, 1.82) is 0 Å². The third kappa shape index (κ3) is 4.47. The lowest BCUT2D eigenvalue weighted by atomic mass is 9.79. The molecule has 0 saturated carbocycles. The fourth-order valence-corrected chi connectivity index (χ4v) is 4.56. The summed E-state index contributed by atoms with van der Waals surface area (Å²) in [4.78, 5) is 11.7. The maximum absolute atomic E-state index is 5.42. The van der Waals surface area contributed by atoms with Crippen LogP contribution in [0.15, 0.2) is 36.7 Å². The Hall–Kier alpha value is -1.98. The number of hydrogen-bond acceptors (Lipinski definition) is 5. The second-order valence-electron chi connectivity index (χ2n) is 7.82. The first-order valence-electron chi connectivity index (χ1n) is 10.2. The number of aromatic nitrogens is 2. The highest BCUT2D eigenvalue weighted by molar-refractivity contribution is 5.63. The number of piperidine rings is 2. The number of benzene rings is 1. The zero-order valence-electron chi connectivity index (χ0n) is 16.2. The van der Waals surface area contributed by atoms with Gasteiger partial charge >= 0.3 is 0 Å². The SMILES string of the molecule is COc1ccccc1-c1ncc(CN2CCC(C3CCNCC3)CC2)cn1. The first-order valence-corrected chi connectivity index (χ1v) is 10.2. The molecule has 0 spiro atoms. The highest BCUT2D eigenvalue weighted by atomic mass is 16.5. The van der Waals surface area contributed by atoms with Crippen molar-refractivity contribution in [1.82, 2.24) is 20.2 Å². The average Bonchev–Trinajstić information content (AvgIpc) is 2.75. The Labute approximate surface area is 162 Å². The van der Waals surface area contributed by atoms with Crippen molar-refractivity contribution < 1.29 is 4.74 Å². The lowest BCUT2D eigenvalue weighted by Gasteiger charge is -2.37. The Balaban J connectivity index is 1.33. The van der Waals surface area contributed by atoms with Crippen LogP contribution in [0.1, 0.15) is 31.2 Å². The van der Waals surface area contributed by atoms with Gasteiger partial charge in [0.05, 0.1) is 12.7 Å². The molecule has 27 heavy (non-hydrogen) atoms. The molecule has 4 rings (SSSR count). The minimum absolute atomic E-state index is 0.723. The Bertz CT molecular complexity index is 719. The van der Waals surface area contributed by atoms with E-state index in [-0.39, 0.29) is 0 Å². The predicted molar refractivity (Wildman–Crippen MR) is 108 cm³/mol. The molecule has 2 fully saturated rings. The molecule has 0 aliphatic carbocycles. The van der Waals surface area contributed by atoms with Gasteiger partial charge in [0.15, 0.2) is 5.82 Å². The van der Waals surface area contributed by atoms with Crippen molar-refractivity contribution >= 4 is 0 Å². The van der Waals surface area contributed by atoms with Crippen LogP contribution in [-0.2, 0) is 6.54 Å². The molecule has 0 amide bonds. The summed E-state index contributed by atoms with van der Waals surface area (Å²) in [5, 5.41) is 3.49. The van der Waals surface area contributed by atoms with Crippen LogP contribution < -0.4 is 10.1 Å². The van der Waals surface area contributed by atoms with E-state index in [4.69, 9.17) is 4.74 Å². The topological polar surface area (TPSA) is 50.3 Å². The van der Waals surface area contributed by atoms with Crippen molar-refractivity contribution in [2.75, 3.05) is 33.3 Å². The zero-order valence-corrected chi connectivity index (χ0v) is 16.2. The van der Waals surface area contributed by atoms with E-state index in [2.05, 4.69) is 20.2 Å². The summed E-state index contributed by atoms with van der Waals surface area (Å²) in [6, 6.07) is 7.89. The Morgan fingerprint density at radius 2 is 1.67 bits per heavy atom. The van der Waals surface area contributed by atoms with E-state index in [9.17, 15) is 0 Å². The summed E-state index contributed by atoms with van der Waals surface area (Å²) in [5.41, 5.74) is 2.13. The number of likely N-dealkylation sites (tertiary alicyclic amines) is 1. The number of hydrogen-bond donors (Lipinski definition) is 1. The van der Waals surface area contributed by atoms with Gasteiger partial charge in [-0.05, 0) is 75.8 Å². The van der Waals surface area contributed by atoms with E-state index in [0.717, 1.165) is 35.5 Å². The van der Waals surface area contributed by atoms with Gasteiger partial charge in [0.1, 0.15) is 5.75 Å².